The number of hydrogen-bond donors (Lipinski definition) is 2. The van der Waals surface area contributed by atoms with Gasteiger partial charge in [-0.25, -0.2) is 13.2 Å². The summed E-state index contributed by atoms with van der Waals surface area (Å²) in [5, 5.41) is 16.3. The number of halogens is 5. The van der Waals surface area contributed by atoms with E-state index in [1.54, 1.807) is 0 Å². The van der Waals surface area contributed by atoms with Gasteiger partial charge in [-0.05, 0) is 33.4 Å². The van der Waals surface area contributed by atoms with Crippen molar-refractivity contribution in [3.63, 3.8) is 0 Å². The molecule has 0 aromatic heterocycles. The van der Waals surface area contributed by atoms with Crippen LogP contribution in [0.3, 0.4) is 0 Å². The molecule has 0 amide bonds. The van der Waals surface area contributed by atoms with Crippen molar-refractivity contribution in [3.05, 3.63) is 138 Å². The van der Waals surface area contributed by atoms with E-state index in [-0.39, 0.29) is 0 Å². The minimum Gasteiger partial charge on any atom is -0.507 e. The Balaban J connectivity index is 0.000000204. The second-order valence-electron chi connectivity index (χ2n) is 8.20. The van der Waals surface area contributed by atoms with Crippen molar-refractivity contribution in [3.8, 4) is 39.1 Å². The molecule has 2 N–H and O–H groups in total. The first kappa shape index (κ1) is 27.6. The maximum Gasteiger partial charge on any atom is 0.707 e. The molecular formula is C30H20BF5O3. The van der Waals surface area contributed by atoms with E-state index >= 15 is 0 Å². The van der Waals surface area contributed by atoms with Crippen LogP contribution in [0.5, 0.6) is 5.75 Å². The molecule has 0 unspecified atom stereocenters. The average molecular weight is 534 g/mol. The maximum atomic E-state index is 12.7. The van der Waals surface area contributed by atoms with Crippen molar-refractivity contribution >= 4 is 7.32 Å². The molecule has 0 heterocycles. The van der Waals surface area contributed by atoms with Crippen LogP contribution in [-0.4, -0.2) is 17.4 Å². The summed E-state index contributed by atoms with van der Waals surface area (Å²) < 4.78 is 66.3. The van der Waals surface area contributed by atoms with Crippen LogP contribution >= 0.6 is 0 Å². The zero-order valence-corrected chi connectivity index (χ0v) is 20.2. The van der Waals surface area contributed by atoms with Gasteiger partial charge in [0.2, 0.25) is 29.1 Å². The first-order chi connectivity index (χ1) is 18.8. The fourth-order valence-electron chi connectivity index (χ4n) is 3.87. The monoisotopic (exact) mass is 534 g/mol. The van der Waals surface area contributed by atoms with Crippen LogP contribution < -0.4 is 4.65 Å². The molecule has 5 aromatic carbocycles. The molecular weight excluding hydrogens is 514 g/mol. The third-order valence-electron chi connectivity index (χ3n) is 5.71. The second-order valence-corrected chi connectivity index (χ2v) is 8.20. The van der Waals surface area contributed by atoms with Gasteiger partial charge in [-0.2, -0.15) is 8.78 Å². The van der Waals surface area contributed by atoms with Gasteiger partial charge in [0, 0.05) is 0 Å². The van der Waals surface area contributed by atoms with Crippen molar-refractivity contribution in [2.24, 2.45) is 0 Å². The van der Waals surface area contributed by atoms with Gasteiger partial charge in [-0.3, -0.25) is 0 Å². The normalized spacial score (nSPS) is 10.4. The summed E-state index contributed by atoms with van der Waals surface area (Å²) in [4.78, 5) is 0. The molecule has 5 rings (SSSR count). The standard InChI is InChI=1S/C24H18.C6H2BF5O3/c1-3-9-19(10-4-1)20-15-17-22(18-16-20)24-14-8-7-13-23(24)21-11-5-2-6-12-21;8-1-2(9)4(11)6(15-7(13)14)5(12)3(1)10/h1-18H;13-14H. The van der Waals surface area contributed by atoms with Gasteiger partial charge < -0.3 is 14.7 Å². The number of benzene rings is 5. The third-order valence-corrected chi connectivity index (χ3v) is 5.71. The summed E-state index contributed by atoms with van der Waals surface area (Å²) in [6.45, 7) is 0. The van der Waals surface area contributed by atoms with E-state index in [1.165, 1.54) is 33.4 Å². The Morgan fingerprint density at radius 1 is 0.410 bits per heavy atom. The first-order valence-corrected chi connectivity index (χ1v) is 11.6. The van der Waals surface area contributed by atoms with Crippen molar-refractivity contribution in [2.45, 2.75) is 0 Å². The van der Waals surface area contributed by atoms with Crippen LogP contribution in [-0.2, 0) is 0 Å². The highest BCUT2D eigenvalue weighted by molar-refractivity contribution is 6.33. The predicted octanol–water partition coefficient (Wildman–Crippen LogP) is 7.42. The molecule has 0 aliphatic carbocycles. The molecule has 0 fully saturated rings. The Morgan fingerprint density at radius 2 is 0.744 bits per heavy atom. The summed E-state index contributed by atoms with van der Waals surface area (Å²) in [7, 11) is -2.70. The van der Waals surface area contributed by atoms with Crippen molar-refractivity contribution in [1.29, 1.82) is 0 Å². The molecule has 0 aliphatic rings. The molecule has 3 nitrogen and oxygen atoms in total. The fraction of sp³-hybridized carbons (Fsp3) is 0. The van der Waals surface area contributed by atoms with Gasteiger partial charge in [-0.15, -0.1) is 0 Å². The summed E-state index contributed by atoms with van der Waals surface area (Å²) in [5.41, 5.74) is 7.53. The molecule has 0 saturated heterocycles. The van der Waals surface area contributed by atoms with Gasteiger partial charge in [0.05, 0.1) is 0 Å². The van der Waals surface area contributed by atoms with Crippen LogP contribution in [0.15, 0.2) is 109 Å². The Labute approximate surface area is 221 Å². The van der Waals surface area contributed by atoms with Crippen LogP contribution in [0.2, 0.25) is 0 Å². The minimum absolute atomic E-state index is 1.24. The van der Waals surface area contributed by atoms with Crippen LogP contribution in [0.4, 0.5) is 22.0 Å². The van der Waals surface area contributed by atoms with E-state index in [9.17, 15) is 22.0 Å². The fourth-order valence-corrected chi connectivity index (χ4v) is 3.87. The highest BCUT2D eigenvalue weighted by Gasteiger charge is 2.29. The van der Waals surface area contributed by atoms with Gasteiger partial charge in [-0.1, -0.05) is 109 Å². The number of hydrogen-bond acceptors (Lipinski definition) is 3. The second kappa shape index (κ2) is 12.4. The van der Waals surface area contributed by atoms with Crippen LogP contribution in [0.25, 0.3) is 33.4 Å². The van der Waals surface area contributed by atoms with Crippen molar-refractivity contribution in [2.75, 3.05) is 0 Å². The van der Waals surface area contributed by atoms with Crippen LogP contribution in [0.1, 0.15) is 0 Å². The zero-order valence-electron chi connectivity index (χ0n) is 20.2. The molecule has 39 heavy (non-hydrogen) atoms. The quantitative estimate of drug-likeness (QED) is 0.107. The zero-order chi connectivity index (χ0) is 27.9. The molecule has 0 atom stereocenters. The summed E-state index contributed by atoms with van der Waals surface area (Å²) >= 11 is 0. The first-order valence-electron chi connectivity index (χ1n) is 11.6. The third kappa shape index (κ3) is 6.34. The lowest BCUT2D eigenvalue weighted by Crippen LogP contribution is -2.23. The molecule has 0 saturated carbocycles. The Kier molecular flexibility index (Phi) is 8.75. The molecule has 196 valence electrons. The Hall–Kier alpha value is -4.47. The lowest BCUT2D eigenvalue weighted by atomic mass is 9.93. The van der Waals surface area contributed by atoms with Crippen molar-refractivity contribution in [1.82, 2.24) is 0 Å². The summed E-state index contributed by atoms with van der Waals surface area (Å²) in [6, 6.07) is 38.5. The lowest BCUT2D eigenvalue weighted by molar-refractivity contribution is 0.263. The Bertz CT molecular complexity index is 1520. The van der Waals surface area contributed by atoms with E-state index in [0.29, 0.717) is 0 Å². The van der Waals surface area contributed by atoms with E-state index in [1.807, 2.05) is 6.07 Å². The largest absolute Gasteiger partial charge is 0.707 e. The SMILES string of the molecule is OB(O)Oc1c(F)c(F)c(F)c(F)c1F.c1ccc(-c2ccc(-c3ccccc3-c3ccccc3)cc2)cc1. The van der Waals surface area contributed by atoms with E-state index in [4.69, 9.17) is 10.0 Å². The number of rotatable bonds is 5. The molecule has 0 aliphatic heterocycles. The predicted molar refractivity (Wildman–Crippen MR) is 140 cm³/mol. The molecule has 9 heteroatoms. The summed E-state index contributed by atoms with van der Waals surface area (Å²) in [5.74, 6) is -13.1. The van der Waals surface area contributed by atoms with Gasteiger partial charge in [0.15, 0.2) is 5.75 Å². The van der Waals surface area contributed by atoms with Gasteiger partial charge >= 0.3 is 7.32 Å². The van der Waals surface area contributed by atoms with Crippen LogP contribution in [0, 0.1) is 29.1 Å². The molecule has 0 radical (unpaired) electrons. The summed E-state index contributed by atoms with van der Waals surface area (Å²) in [6.07, 6.45) is 0. The minimum atomic E-state index is -2.70. The van der Waals surface area contributed by atoms with Gasteiger partial charge in [0.25, 0.3) is 0 Å². The highest BCUT2D eigenvalue weighted by atomic mass is 19.2. The average Bonchev–Trinajstić information content (AvgIpc) is 2.98. The highest BCUT2D eigenvalue weighted by Crippen LogP contribution is 2.33. The smallest absolute Gasteiger partial charge is 0.507 e. The van der Waals surface area contributed by atoms with Crippen molar-refractivity contribution < 1.29 is 36.7 Å². The van der Waals surface area contributed by atoms with E-state index in [2.05, 4.69) is 108 Å². The van der Waals surface area contributed by atoms with E-state index < -0.39 is 42.2 Å². The maximum absolute atomic E-state index is 12.7. The topological polar surface area (TPSA) is 49.7 Å². The van der Waals surface area contributed by atoms with Gasteiger partial charge in [0.1, 0.15) is 0 Å². The lowest BCUT2D eigenvalue weighted by Gasteiger charge is -2.11. The molecule has 0 bridgehead atoms. The molecule has 0 spiro atoms. The molecule has 5 aromatic rings. The van der Waals surface area contributed by atoms with E-state index in [0.717, 1.165) is 0 Å². The Morgan fingerprint density at radius 3 is 1.21 bits per heavy atom.